The maximum atomic E-state index is 13.1. The van der Waals surface area contributed by atoms with Gasteiger partial charge >= 0.3 is 11.9 Å². The maximum Gasteiger partial charge on any atom is 0.330 e. The van der Waals surface area contributed by atoms with Crippen LogP contribution < -0.4 is 0 Å². The molecule has 5 aliphatic rings. The Morgan fingerprint density at radius 3 is 2.57 bits per heavy atom. The zero-order chi connectivity index (χ0) is 26.4. The van der Waals surface area contributed by atoms with Crippen LogP contribution >= 0.6 is 0 Å². The molecule has 37 heavy (non-hydrogen) atoms. The Kier molecular flexibility index (Phi) is 7.33. The number of rotatable bonds is 1. The normalized spacial score (nSPS) is 45.3. The molecular weight excluding hydrogens is 476 g/mol. The van der Waals surface area contributed by atoms with Crippen LogP contribution in [0.1, 0.15) is 79.1 Å². The number of esters is 2. The van der Waals surface area contributed by atoms with Crippen LogP contribution in [0.4, 0.5) is 0 Å². The van der Waals surface area contributed by atoms with Crippen molar-refractivity contribution in [3.63, 3.8) is 0 Å². The number of aliphatic hydroxyl groups is 1. The summed E-state index contributed by atoms with van der Waals surface area (Å²) in [7, 11) is 0. The van der Waals surface area contributed by atoms with E-state index in [9.17, 15) is 14.7 Å². The number of carbonyl (C=O) groups excluding carboxylic acids is 2. The van der Waals surface area contributed by atoms with E-state index in [1.165, 1.54) is 11.6 Å². The van der Waals surface area contributed by atoms with Crippen LogP contribution in [-0.2, 0) is 33.3 Å². The van der Waals surface area contributed by atoms with Gasteiger partial charge in [0.15, 0.2) is 0 Å². The summed E-state index contributed by atoms with van der Waals surface area (Å²) in [5.41, 5.74) is 0.503. The van der Waals surface area contributed by atoms with Gasteiger partial charge in [-0.05, 0) is 52.9 Å². The van der Waals surface area contributed by atoms with Crippen molar-refractivity contribution >= 4 is 11.9 Å². The second-order valence-corrected chi connectivity index (χ2v) is 12.1. The summed E-state index contributed by atoms with van der Waals surface area (Å²) in [5.74, 6) is -0.622. The van der Waals surface area contributed by atoms with Gasteiger partial charge in [0.25, 0.3) is 0 Å². The Labute approximate surface area is 219 Å². The standard InChI is InChI=1S/C29H42O8/c1-18-9-11-28-16-34-26(32)14-19(2)10-12-33-21(20(3)30)7-5-6-8-25(31)37-22-15-24(36-23(28)13-18)29(17-35-29)27(22,28)4/h13-14,20-24,30H,5-12,15-17H2,1-4H3/b19-14+/t20-,21+,22+,23+,24+,27+,28+,29?/m0/s1. The summed E-state index contributed by atoms with van der Waals surface area (Å²) >= 11 is 0. The summed E-state index contributed by atoms with van der Waals surface area (Å²) < 4.78 is 30.9. The van der Waals surface area contributed by atoms with Crippen LogP contribution in [0, 0.1) is 10.8 Å². The fourth-order valence-electron chi connectivity index (χ4n) is 7.32. The number of hydrogen-bond acceptors (Lipinski definition) is 8. The first-order valence-electron chi connectivity index (χ1n) is 13.9. The molecular formula is C29H42O8. The molecule has 2 spiro atoms. The van der Waals surface area contributed by atoms with E-state index in [1.54, 1.807) is 6.92 Å². The van der Waals surface area contributed by atoms with Gasteiger partial charge in [0, 0.05) is 24.3 Å². The van der Waals surface area contributed by atoms with Crippen LogP contribution in [0.3, 0.4) is 0 Å². The van der Waals surface area contributed by atoms with Crippen molar-refractivity contribution in [3.05, 3.63) is 23.3 Å². The van der Waals surface area contributed by atoms with Gasteiger partial charge in [-0.3, -0.25) is 4.79 Å². The lowest BCUT2D eigenvalue weighted by molar-refractivity contribution is -0.232. The molecule has 0 amide bonds. The molecule has 8 nitrogen and oxygen atoms in total. The fraction of sp³-hybridized carbons (Fsp3) is 0.793. The monoisotopic (exact) mass is 518 g/mol. The highest BCUT2D eigenvalue weighted by Gasteiger charge is 2.83. The van der Waals surface area contributed by atoms with E-state index < -0.39 is 28.5 Å². The molecule has 1 saturated carbocycles. The molecule has 0 radical (unpaired) electrons. The van der Waals surface area contributed by atoms with Gasteiger partial charge in [0.2, 0.25) is 0 Å². The summed E-state index contributed by atoms with van der Waals surface area (Å²) in [4.78, 5) is 26.0. The molecule has 3 fully saturated rings. The van der Waals surface area contributed by atoms with Crippen LogP contribution in [-0.4, -0.2) is 73.0 Å². The average molecular weight is 519 g/mol. The number of hydrogen-bond donors (Lipinski definition) is 1. The molecule has 0 aromatic rings. The molecule has 5 rings (SSSR count). The number of cyclic esters (lactones) is 1. The molecule has 1 unspecified atom stereocenters. The molecule has 0 aromatic heterocycles. The smallest absolute Gasteiger partial charge is 0.330 e. The molecule has 2 saturated heterocycles. The van der Waals surface area contributed by atoms with Crippen molar-refractivity contribution in [1.82, 2.24) is 0 Å². The van der Waals surface area contributed by atoms with Gasteiger partial charge in [-0.15, -0.1) is 0 Å². The summed E-state index contributed by atoms with van der Waals surface area (Å²) in [6.45, 7) is 9.02. The molecule has 8 heteroatoms. The minimum Gasteiger partial charge on any atom is -0.462 e. The molecule has 3 heterocycles. The van der Waals surface area contributed by atoms with Crippen molar-refractivity contribution in [1.29, 1.82) is 0 Å². The quantitative estimate of drug-likeness (QED) is 0.318. The van der Waals surface area contributed by atoms with Crippen molar-refractivity contribution in [3.8, 4) is 0 Å². The number of allylic oxidation sites excluding steroid dienone is 1. The molecule has 2 aliphatic carbocycles. The lowest BCUT2D eigenvalue weighted by Gasteiger charge is -2.58. The summed E-state index contributed by atoms with van der Waals surface area (Å²) in [5, 5.41) is 10.1. The van der Waals surface area contributed by atoms with Crippen LogP contribution in [0.15, 0.2) is 23.3 Å². The zero-order valence-electron chi connectivity index (χ0n) is 22.6. The van der Waals surface area contributed by atoms with Gasteiger partial charge in [0.1, 0.15) is 18.3 Å². The van der Waals surface area contributed by atoms with Crippen molar-refractivity contribution in [2.45, 2.75) is 115 Å². The zero-order valence-corrected chi connectivity index (χ0v) is 22.6. The Balaban J connectivity index is 1.46. The predicted molar refractivity (Wildman–Crippen MR) is 135 cm³/mol. The lowest BCUT2D eigenvalue weighted by Crippen LogP contribution is -2.66. The third-order valence-electron chi connectivity index (χ3n) is 9.81. The SMILES string of the molecule is CC1=C[C@H]2O[C@@H]3C[C@H]4OC(=O)CCCC[C@H]([C@H](C)O)OCC/C(C)=C/C(=O)OC[C@@]2(CC1)[C@]4(C)C31CO1. The molecule has 3 aliphatic heterocycles. The van der Waals surface area contributed by atoms with E-state index in [1.807, 2.05) is 6.92 Å². The minimum absolute atomic E-state index is 0.161. The van der Waals surface area contributed by atoms with Crippen molar-refractivity contribution in [2.75, 3.05) is 19.8 Å². The second kappa shape index (κ2) is 10.1. The predicted octanol–water partition coefficient (Wildman–Crippen LogP) is 3.79. The number of epoxide rings is 1. The van der Waals surface area contributed by atoms with E-state index in [0.29, 0.717) is 45.3 Å². The second-order valence-electron chi connectivity index (χ2n) is 12.1. The lowest BCUT2D eigenvalue weighted by atomic mass is 9.51. The number of carbonyl (C=O) groups is 2. The molecule has 0 aromatic carbocycles. The third kappa shape index (κ3) is 4.58. The average Bonchev–Trinajstić information content (AvgIpc) is 3.61. The number of ether oxygens (including phenoxy) is 5. The van der Waals surface area contributed by atoms with Gasteiger partial charge in [0.05, 0.1) is 43.0 Å². The first kappa shape index (κ1) is 26.9. The van der Waals surface area contributed by atoms with E-state index in [2.05, 4.69) is 19.9 Å². The number of aliphatic hydroxyl groups excluding tert-OH is 1. The summed E-state index contributed by atoms with van der Waals surface area (Å²) in [6, 6.07) is 0. The van der Waals surface area contributed by atoms with E-state index >= 15 is 0 Å². The Bertz CT molecular complexity index is 965. The van der Waals surface area contributed by atoms with Gasteiger partial charge < -0.3 is 28.8 Å². The van der Waals surface area contributed by atoms with E-state index in [4.69, 9.17) is 23.7 Å². The summed E-state index contributed by atoms with van der Waals surface area (Å²) in [6.07, 6.45) is 7.18. The van der Waals surface area contributed by atoms with Gasteiger partial charge in [-0.2, -0.15) is 0 Å². The largest absolute Gasteiger partial charge is 0.462 e. The van der Waals surface area contributed by atoms with Crippen molar-refractivity contribution < 1.29 is 38.4 Å². The molecule has 8 atom stereocenters. The molecule has 1 N–H and O–H groups in total. The topological polar surface area (TPSA) is 104 Å². The Morgan fingerprint density at radius 1 is 1.05 bits per heavy atom. The van der Waals surface area contributed by atoms with E-state index in [0.717, 1.165) is 24.8 Å². The highest BCUT2D eigenvalue weighted by Crippen LogP contribution is 2.72. The Hall–Kier alpha value is -1.74. The first-order valence-corrected chi connectivity index (χ1v) is 13.9. The highest BCUT2D eigenvalue weighted by atomic mass is 16.6. The fourth-order valence-corrected chi connectivity index (χ4v) is 7.32. The van der Waals surface area contributed by atoms with Crippen molar-refractivity contribution in [2.24, 2.45) is 10.8 Å². The minimum atomic E-state index is -0.614. The maximum absolute atomic E-state index is 13.1. The first-order chi connectivity index (χ1) is 17.6. The molecule has 206 valence electrons. The van der Waals surface area contributed by atoms with E-state index in [-0.39, 0.29) is 37.0 Å². The third-order valence-corrected chi connectivity index (χ3v) is 9.81. The van der Waals surface area contributed by atoms with Crippen LogP contribution in [0.25, 0.3) is 0 Å². The van der Waals surface area contributed by atoms with Crippen LogP contribution in [0.5, 0.6) is 0 Å². The molecule has 2 bridgehead atoms. The van der Waals surface area contributed by atoms with Crippen LogP contribution in [0.2, 0.25) is 0 Å². The van der Waals surface area contributed by atoms with Gasteiger partial charge in [-0.25, -0.2) is 4.79 Å². The Morgan fingerprint density at radius 2 is 1.84 bits per heavy atom. The van der Waals surface area contributed by atoms with Gasteiger partial charge in [-0.1, -0.05) is 30.6 Å². The highest BCUT2D eigenvalue weighted by molar-refractivity contribution is 5.82.